The molecule has 0 N–H and O–H groups in total. The molecule has 0 amide bonds. The minimum atomic E-state index is -0.100. The third-order valence-corrected chi connectivity index (χ3v) is 6.77. The maximum atomic E-state index is 11.6. The Morgan fingerprint density at radius 3 is 2.60 bits per heavy atom. The standard InChI is InChI=1S/C24H29N5O/c1-27-23(30)12-11-21(26-27)18-7-9-19(10-8-18)24-25-13-16-29(24)17-20-5-4-15-28-14-3-2-6-22(20)28/h7-13,16,20,22H,2-6,14-15,17H2,1H3/t20-,22+/m0/s1. The Balaban J connectivity index is 1.36. The topological polar surface area (TPSA) is 56.0 Å². The van der Waals surface area contributed by atoms with Crippen LogP contribution in [0.4, 0.5) is 0 Å². The van der Waals surface area contributed by atoms with Gasteiger partial charge in [0.05, 0.1) is 5.69 Å². The molecule has 0 bridgehead atoms. The second kappa shape index (κ2) is 8.19. The van der Waals surface area contributed by atoms with E-state index in [1.807, 2.05) is 6.20 Å². The van der Waals surface area contributed by atoms with Crippen LogP contribution in [0, 0.1) is 5.92 Å². The molecule has 30 heavy (non-hydrogen) atoms. The van der Waals surface area contributed by atoms with Crippen molar-refractivity contribution >= 4 is 0 Å². The Morgan fingerprint density at radius 2 is 1.77 bits per heavy atom. The van der Waals surface area contributed by atoms with Gasteiger partial charge in [0, 0.05) is 49.2 Å². The molecule has 0 aliphatic carbocycles. The van der Waals surface area contributed by atoms with E-state index in [9.17, 15) is 4.79 Å². The molecular formula is C24H29N5O. The van der Waals surface area contributed by atoms with Crippen LogP contribution in [0.2, 0.25) is 0 Å². The number of rotatable bonds is 4. The van der Waals surface area contributed by atoms with Crippen molar-refractivity contribution in [2.24, 2.45) is 13.0 Å². The third kappa shape index (κ3) is 3.72. The van der Waals surface area contributed by atoms with Gasteiger partial charge in [0.2, 0.25) is 0 Å². The zero-order valence-corrected chi connectivity index (χ0v) is 17.6. The maximum Gasteiger partial charge on any atom is 0.266 e. The Morgan fingerprint density at radius 1 is 0.967 bits per heavy atom. The molecule has 0 saturated carbocycles. The van der Waals surface area contributed by atoms with Gasteiger partial charge in [-0.05, 0) is 50.8 Å². The number of aromatic nitrogens is 4. The molecule has 2 fully saturated rings. The van der Waals surface area contributed by atoms with E-state index in [1.54, 1.807) is 19.2 Å². The van der Waals surface area contributed by atoms with Crippen molar-refractivity contribution in [3.8, 4) is 22.6 Å². The van der Waals surface area contributed by atoms with E-state index in [-0.39, 0.29) is 5.56 Å². The monoisotopic (exact) mass is 403 g/mol. The smallest absolute Gasteiger partial charge is 0.266 e. The first-order valence-electron chi connectivity index (χ1n) is 11.1. The largest absolute Gasteiger partial charge is 0.331 e. The third-order valence-electron chi connectivity index (χ3n) is 6.77. The molecule has 0 spiro atoms. The summed E-state index contributed by atoms with van der Waals surface area (Å²) < 4.78 is 3.71. The van der Waals surface area contributed by atoms with Crippen molar-refractivity contribution in [2.45, 2.75) is 44.7 Å². The molecule has 1 aromatic carbocycles. The first-order valence-corrected chi connectivity index (χ1v) is 11.1. The van der Waals surface area contributed by atoms with Crippen LogP contribution in [-0.4, -0.2) is 43.4 Å². The molecule has 2 aromatic heterocycles. The Hall–Kier alpha value is -2.73. The molecular weight excluding hydrogens is 374 g/mol. The van der Waals surface area contributed by atoms with Crippen LogP contribution in [0.5, 0.6) is 0 Å². The highest BCUT2D eigenvalue weighted by atomic mass is 16.1. The number of imidazole rings is 1. The molecule has 5 rings (SSSR count). The van der Waals surface area contributed by atoms with Crippen molar-refractivity contribution in [2.75, 3.05) is 13.1 Å². The highest BCUT2D eigenvalue weighted by Crippen LogP contribution is 2.33. The summed E-state index contributed by atoms with van der Waals surface area (Å²) in [6.45, 7) is 3.59. The van der Waals surface area contributed by atoms with Gasteiger partial charge in [0.1, 0.15) is 5.82 Å². The summed E-state index contributed by atoms with van der Waals surface area (Å²) in [5, 5.41) is 4.35. The molecule has 4 heterocycles. The van der Waals surface area contributed by atoms with E-state index < -0.39 is 0 Å². The first kappa shape index (κ1) is 19.2. The van der Waals surface area contributed by atoms with Crippen molar-refractivity contribution in [3.63, 3.8) is 0 Å². The Bertz CT molecular complexity index is 1070. The van der Waals surface area contributed by atoms with Gasteiger partial charge in [-0.25, -0.2) is 9.67 Å². The molecule has 2 atom stereocenters. The zero-order valence-electron chi connectivity index (χ0n) is 17.6. The van der Waals surface area contributed by atoms with Gasteiger partial charge >= 0.3 is 0 Å². The SMILES string of the molecule is Cn1nc(-c2ccc(-c3nccn3C[C@@H]3CCCN4CCCC[C@H]34)cc2)ccc1=O. The van der Waals surface area contributed by atoms with Crippen molar-refractivity contribution in [1.82, 2.24) is 24.2 Å². The summed E-state index contributed by atoms with van der Waals surface area (Å²) in [5.74, 6) is 1.74. The fourth-order valence-corrected chi connectivity index (χ4v) is 5.21. The van der Waals surface area contributed by atoms with E-state index in [0.29, 0.717) is 5.92 Å². The van der Waals surface area contributed by atoms with Gasteiger partial charge in [-0.1, -0.05) is 30.7 Å². The highest BCUT2D eigenvalue weighted by molar-refractivity contribution is 5.65. The predicted molar refractivity (Wildman–Crippen MR) is 118 cm³/mol. The maximum absolute atomic E-state index is 11.6. The summed E-state index contributed by atoms with van der Waals surface area (Å²) >= 11 is 0. The average molecular weight is 404 g/mol. The van der Waals surface area contributed by atoms with Crippen LogP contribution in [0.15, 0.2) is 53.6 Å². The molecule has 6 nitrogen and oxygen atoms in total. The second-order valence-corrected chi connectivity index (χ2v) is 8.66. The number of hydrogen-bond acceptors (Lipinski definition) is 4. The van der Waals surface area contributed by atoms with E-state index in [1.165, 1.54) is 49.9 Å². The van der Waals surface area contributed by atoms with Crippen LogP contribution in [0.25, 0.3) is 22.6 Å². The second-order valence-electron chi connectivity index (χ2n) is 8.66. The number of aryl methyl sites for hydroxylation is 1. The normalized spacial score (nSPS) is 22.0. The van der Waals surface area contributed by atoms with E-state index >= 15 is 0 Å². The highest BCUT2D eigenvalue weighted by Gasteiger charge is 2.33. The fourth-order valence-electron chi connectivity index (χ4n) is 5.21. The number of nitrogens with zero attached hydrogens (tertiary/aromatic N) is 5. The molecule has 3 aromatic rings. The van der Waals surface area contributed by atoms with Crippen LogP contribution in [0.3, 0.4) is 0 Å². The average Bonchev–Trinajstić information content (AvgIpc) is 3.24. The number of piperidine rings is 2. The van der Waals surface area contributed by atoms with Crippen molar-refractivity contribution in [1.29, 1.82) is 0 Å². The summed E-state index contributed by atoms with van der Waals surface area (Å²) in [4.78, 5) is 19.0. The molecule has 2 aliphatic rings. The van der Waals surface area contributed by atoms with Gasteiger partial charge in [-0.15, -0.1) is 0 Å². The van der Waals surface area contributed by atoms with Gasteiger partial charge in [-0.2, -0.15) is 5.10 Å². The fraction of sp³-hybridized carbons (Fsp3) is 0.458. The van der Waals surface area contributed by atoms with Gasteiger partial charge in [0.25, 0.3) is 5.56 Å². The summed E-state index contributed by atoms with van der Waals surface area (Å²) in [7, 11) is 1.68. The van der Waals surface area contributed by atoms with Crippen LogP contribution in [0.1, 0.15) is 32.1 Å². The van der Waals surface area contributed by atoms with Crippen molar-refractivity contribution < 1.29 is 0 Å². The zero-order chi connectivity index (χ0) is 20.5. The van der Waals surface area contributed by atoms with E-state index in [4.69, 9.17) is 0 Å². The van der Waals surface area contributed by atoms with Crippen LogP contribution >= 0.6 is 0 Å². The lowest BCUT2D eigenvalue weighted by molar-refractivity contribution is 0.0521. The number of benzene rings is 1. The molecule has 156 valence electrons. The van der Waals surface area contributed by atoms with Crippen LogP contribution < -0.4 is 5.56 Å². The molecule has 2 saturated heterocycles. The Labute approximate surface area is 177 Å². The predicted octanol–water partition coefficient (Wildman–Crippen LogP) is 3.58. The number of fused-ring (bicyclic) bond motifs is 1. The lowest BCUT2D eigenvalue weighted by atomic mass is 9.83. The molecule has 0 unspecified atom stereocenters. The van der Waals surface area contributed by atoms with Crippen molar-refractivity contribution in [3.05, 3.63) is 59.1 Å². The molecule has 6 heteroatoms. The summed E-state index contributed by atoms with van der Waals surface area (Å²) in [5.41, 5.74) is 2.81. The van der Waals surface area contributed by atoms with Gasteiger partial charge < -0.3 is 9.47 Å². The van der Waals surface area contributed by atoms with Gasteiger partial charge in [-0.3, -0.25) is 4.79 Å². The Kier molecular flexibility index (Phi) is 5.25. The van der Waals surface area contributed by atoms with Gasteiger partial charge in [0.15, 0.2) is 0 Å². The first-order chi connectivity index (χ1) is 14.7. The molecule has 2 aliphatic heterocycles. The summed E-state index contributed by atoms with van der Waals surface area (Å²) in [6.07, 6.45) is 10.7. The van der Waals surface area contributed by atoms with E-state index in [0.717, 1.165) is 35.2 Å². The quantitative estimate of drug-likeness (QED) is 0.668. The minimum Gasteiger partial charge on any atom is -0.331 e. The van der Waals surface area contributed by atoms with E-state index in [2.05, 4.69) is 50.0 Å². The lowest BCUT2D eigenvalue weighted by Crippen LogP contribution is -2.49. The minimum absolute atomic E-state index is 0.100. The molecule has 0 radical (unpaired) electrons. The lowest BCUT2D eigenvalue weighted by Gasteiger charge is -2.44. The number of hydrogen-bond donors (Lipinski definition) is 0. The van der Waals surface area contributed by atoms with Crippen LogP contribution in [-0.2, 0) is 13.6 Å². The summed E-state index contributed by atoms with van der Waals surface area (Å²) in [6, 6.07) is 12.4.